The number of carbonyl (C=O) groups is 4. The molecule has 0 aliphatic carbocycles. The van der Waals surface area contributed by atoms with Crippen molar-refractivity contribution in [3.05, 3.63) is 125 Å². The van der Waals surface area contributed by atoms with E-state index in [1.165, 1.54) is 30.3 Å². The van der Waals surface area contributed by atoms with E-state index >= 15 is 0 Å². The van der Waals surface area contributed by atoms with Crippen LogP contribution in [0.4, 0.5) is 13.2 Å². The highest BCUT2D eigenvalue weighted by Gasteiger charge is 2.30. The van der Waals surface area contributed by atoms with Gasteiger partial charge in [-0.25, -0.2) is 0 Å². The lowest BCUT2D eigenvalue weighted by atomic mass is 10.0. The number of hydrogen-bond acceptors (Lipinski definition) is 10. The van der Waals surface area contributed by atoms with Crippen LogP contribution in [0.1, 0.15) is 26.3 Å². The van der Waals surface area contributed by atoms with E-state index in [1.807, 2.05) is 5.32 Å². The summed E-state index contributed by atoms with van der Waals surface area (Å²) < 4.78 is 37.4. The highest BCUT2D eigenvalue weighted by molar-refractivity contribution is 7.17. The molecule has 12 nitrogen and oxygen atoms in total. The number of rotatable bonds is 8. The predicted octanol–water partition coefficient (Wildman–Crippen LogP) is 7.22. The van der Waals surface area contributed by atoms with Crippen LogP contribution in [0.3, 0.4) is 0 Å². The molecule has 0 atom stereocenters. The van der Waals surface area contributed by atoms with Crippen molar-refractivity contribution in [1.29, 1.82) is 0 Å². The summed E-state index contributed by atoms with van der Waals surface area (Å²) in [4.78, 5) is 69.7. The smallest absolute Gasteiger partial charge is 0.416 e. The van der Waals surface area contributed by atoms with E-state index in [2.05, 4.69) is 5.32 Å². The van der Waals surface area contributed by atoms with Gasteiger partial charge in [-0.05, 0) is 76.9 Å². The number of carbonyl (C=O) groups excluding carboxylic acids is 2. The summed E-state index contributed by atoms with van der Waals surface area (Å²) in [5, 5.41) is 43.4. The zero-order valence-electron chi connectivity index (χ0n) is 27.9. The minimum Gasteiger partial charge on any atom is -0.506 e. The third kappa shape index (κ3) is 9.43. The molecule has 2 heterocycles. The van der Waals surface area contributed by atoms with Crippen LogP contribution in [0.15, 0.2) is 88.5 Å². The van der Waals surface area contributed by atoms with Gasteiger partial charge in [-0.15, -0.1) is 0 Å². The maximum atomic E-state index is 12.7. The normalized spacial score (nSPS) is 11.1. The van der Waals surface area contributed by atoms with E-state index in [9.17, 15) is 52.2 Å². The number of carboxylic acids is 2. The molecule has 6 N–H and O–H groups in total. The average molecular weight is 848 g/mol. The number of aliphatic carboxylic acids is 2. The maximum absolute atomic E-state index is 12.7. The van der Waals surface area contributed by atoms with Gasteiger partial charge >= 0.3 is 18.1 Å². The molecule has 0 radical (unpaired) electrons. The van der Waals surface area contributed by atoms with Crippen molar-refractivity contribution in [2.45, 2.75) is 6.18 Å². The lowest BCUT2D eigenvalue weighted by Crippen LogP contribution is -2.32. The Kier molecular flexibility index (Phi) is 12.3. The molecule has 6 rings (SSSR count). The fraction of sp³-hybridized carbons (Fsp3) is 0.0811. The van der Waals surface area contributed by atoms with Gasteiger partial charge in [0.15, 0.2) is 0 Å². The molecule has 19 heteroatoms. The van der Waals surface area contributed by atoms with E-state index in [0.29, 0.717) is 47.3 Å². The zero-order chi connectivity index (χ0) is 41.1. The first-order chi connectivity index (χ1) is 26.3. The summed E-state index contributed by atoms with van der Waals surface area (Å²) in [6.45, 7) is -1.37. The molecule has 56 heavy (non-hydrogen) atoms. The second-order valence-corrected chi connectivity index (χ2v) is 14.4. The van der Waals surface area contributed by atoms with Crippen LogP contribution in [-0.2, 0) is 15.8 Å². The maximum Gasteiger partial charge on any atom is 0.416 e. The minimum absolute atomic E-state index is 0.186. The Balaban J connectivity index is 0.000000215. The van der Waals surface area contributed by atoms with Crippen LogP contribution in [0, 0.1) is 0 Å². The van der Waals surface area contributed by atoms with Gasteiger partial charge in [0.2, 0.25) is 9.48 Å². The summed E-state index contributed by atoms with van der Waals surface area (Å²) in [6, 6.07) is 18.9. The Morgan fingerprint density at radius 3 is 1.38 bits per heavy atom. The zero-order valence-corrected chi connectivity index (χ0v) is 31.0. The van der Waals surface area contributed by atoms with Crippen molar-refractivity contribution in [3.8, 4) is 33.8 Å². The van der Waals surface area contributed by atoms with E-state index in [-0.39, 0.29) is 5.39 Å². The SMILES string of the molecule is O=C(O)CNC(=O)c1c(O)c2ccc(-c3cc(Cl)cc(Cl)c3)cc2sc1=O.O=C(O)CNC(=O)c1c(O)c2ccc(-c3ccc(C(F)(F)F)cc3)cc2sc1=O. The second kappa shape index (κ2) is 16.8. The van der Waals surface area contributed by atoms with Crippen molar-refractivity contribution in [2.24, 2.45) is 0 Å². The van der Waals surface area contributed by atoms with Crippen molar-refractivity contribution in [1.82, 2.24) is 10.6 Å². The molecule has 0 spiro atoms. The van der Waals surface area contributed by atoms with E-state index in [1.54, 1.807) is 36.4 Å². The molecular weight excluding hydrogens is 824 g/mol. The molecule has 0 bridgehead atoms. The van der Waals surface area contributed by atoms with E-state index in [0.717, 1.165) is 34.6 Å². The minimum atomic E-state index is -4.45. The molecule has 0 saturated heterocycles. The Bertz CT molecular complexity index is 2660. The fourth-order valence-electron chi connectivity index (χ4n) is 5.19. The Morgan fingerprint density at radius 1 is 0.589 bits per heavy atom. The number of fused-ring (bicyclic) bond motifs is 2. The third-order valence-electron chi connectivity index (χ3n) is 7.76. The predicted molar refractivity (Wildman–Crippen MR) is 205 cm³/mol. The lowest BCUT2D eigenvalue weighted by molar-refractivity contribution is -0.138. The van der Waals surface area contributed by atoms with Crippen molar-refractivity contribution in [3.63, 3.8) is 0 Å². The number of hydrogen-bond donors (Lipinski definition) is 6. The number of carboxylic acid groups (broad SMARTS) is 2. The van der Waals surface area contributed by atoms with Crippen LogP contribution in [0.5, 0.6) is 11.5 Å². The number of nitrogens with one attached hydrogen (secondary N) is 2. The van der Waals surface area contributed by atoms with Crippen LogP contribution in [0.25, 0.3) is 42.4 Å². The monoisotopic (exact) mass is 846 g/mol. The standard InChI is InChI=1S/C19H12F3NO5S.C18H11Cl2NO5S/c20-19(21,22)11-4-1-9(2-5-11)10-3-6-12-13(7-10)29-18(28)15(16(12)26)17(27)23-8-14(24)25;19-10-3-9(4-11(20)6-10)8-1-2-12-13(5-8)27-18(26)15(16(12)24)17(25)21-7-14(22)23/h1-7,26H,8H2,(H,23,27)(H,24,25);1-6,24H,7H2,(H,21,25)(H,22,23). The summed E-state index contributed by atoms with van der Waals surface area (Å²) in [7, 11) is 0. The van der Waals surface area contributed by atoms with E-state index < -0.39 is 80.7 Å². The molecule has 4 aromatic carbocycles. The lowest BCUT2D eigenvalue weighted by Gasteiger charge is -2.10. The molecule has 0 unspecified atom stereocenters. The van der Waals surface area contributed by atoms with Crippen LogP contribution < -0.4 is 20.1 Å². The second-order valence-electron chi connectivity index (χ2n) is 11.5. The van der Waals surface area contributed by atoms with Gasteiger partial charge in [0.1, 0.15) is 35.7 Å². The molecule has 2 amide bonds. The topological polar surface area (TPSA) is 207 Å². The van der Waals surface area contributed by atoms with Gasteiger partial charge in [-0.2, -0.15) is 13.2 Å². The highest BCUT2D eigenvalue weighted by atomic mass is 35.5. The number of benzene rings is 4. The summed E-state index contributed by atoms with van der Waals surface area (Å²) in [6.07, 6.45) is -4.45. The number of aromatic hydroxyl groups is 2. The molecular formula is C37H23Cl2F3N2O10S2. The van der Waals surface area contributed by atoms with Gasteiger partial charge in [0.25, 0.3) is 11.8 Å². The quantitative estimate of drug-likeness (QED) is 0.0907. The molecule has 2 aromatic heterocycles. The van der Waals surface area contributed by atoms with Crippen molar-refractivity contribution < 1.29 is 52.8 Å². The van der Waals surface area contributed by atoms with Crippen molar-refractivity contribution >= 4 is 89.8 Å². The molecule has 0 aliphatic rings. The summed E-state index contributed by atoms with van der Waals surface area (Å²) in [5.74, 6) is -5.61. The first-order valence-electron chi connectivity index (χ1n) is 15.6. The van der Waals surface area contributed by atoms with Crippen LogP contribution in [0.2, 0.25) is 10.0 Å². The molecule has 288 valence electrons. The van der Waals surface area contributed by atoms with Crippen LogP contribution >= 0.6 is 45.9 Å². The Morgan fingerprint density at radius 2 is 0.982 bits per heavy atom. The van der Waals surface area contributed by atoms with Gasteiger partial charge in [0, 0.05) is 30.2 Å². The Hall–Kier alpha value is -6.01. The largest absolute Gasteiger partial charge is 0.506 e. The Labute approximate surface area is 329 Å². The summed E-state index contributed by atoms with van der Waals surface area (Å²) in [5.41, 5.74) is 0.619. The summed E-state index contributed by atoms with van der Waals surface area (Å²) >= 11 is 13.5. The molecule has 0 fully saturated rings. The van der Waals surface area contributed by atoms with Crippen LogP contribution in [-0.4, -0.2) is 57.3 Å². The molecule has 0 saturated carbocycles. The first-order valence-corrected chi connectivity index (χ1v) is 18.0. The fourth-order valence-corrected chi connectivity index (χ4v) is 7.62. The first kappa shape index (κ1) is 41.2. The number of alkyl halides is 3. The van der Waals surface area contributed by atoms with Gasteiger partial charge < -0.3 is 31.1 Å². The molecule has 0 aliphatic heterocycles. The highest BCUT2D eigenvalue weighted by Crippen LogP contribution is 2.36. The number of halogens is 5. The van der Waals surface area contributed by atoms with Gasteiger partial charge in [0.05, 0.1) is 5.56 Å². The number of amides is 2. The molecule has 6 aromatic rings. The average Bonchev–Trinajstić information content (AvgIpc) is 3.12. The van der Waals surface area contributed by atoms with Gasteiger partial charge in [-0.1, -0.05) is 70.1 Å². The van der Waals surface area contributed by atoms with Crippen molar-refractivity contribution in [2.75, 3.05) is 13.1 Å². The van der Waals surface area contributed by atoms with E-state index in [4.69, 9.17) is 33.4 Å². The van der Waals surface area contributed by atoms with Gasteiger partial charge in [-0.3, -0.25) is 28.8 Å². The third-order valence-corrected chi connectivity index (χ3v) is 10.1.